The van der Waals surface area contributed by atoms with Crippen LogP contribution in [-0.4, -0.2) is 54.2 Å². The zero-order valence-corrected chi connectivity index (χ0v) is 20.4. The number of aliphatic carboxylic acids is 1. The molecule has 0 aliphatic rings. The van der Waals surface area contributed by atoms with Gasteiger partial charge in [-0.05, 0) is 45.2 Å². The van der Waals surface area contributed by atoms with Gasteiger partial charge in [0.05, 0.1) is 12.4 Å². The van der Waals surface area contributed by atoms with Gasteiger partial charge in [0.1, 0.15) is 12.3 Å². The van der Waals surface area contributed by atoms with E-state index >= 15 is 0 Å². The number of allylic oxidation sites excluding steroid dienone is 1. The Bertz CT molecular complexity index is 653. The average Bonchev–Trinajstić information content (AvgIpc) is 2.76. The van der Waals surface area contributed by atoms with Gasteiger partial charge in [-0.25, -0.2) is 9.59 Å². The lowest BCUT2D eigenvalue weighted by Crippen LogP contribution is -2.47. The molecule has 0 spiro atoms. The van der Waals surface area contributed by atoms with E-state index in [9.17, 15) is 14.7 Å². The molecule has 188 valence electrons. The molecule has 1 aromatic carbocycles. The Kier molecular flexibility index (Phi) is 18.5. The largest absolute Gasteiger partial charge is 0.499 e. The van der Waals surface area contributed by atoms with Gasteiger partial charge in [-0.1, -0.05) is 63.1 Å². The second-order valence-electron chi connectivity index (χ2n) is 7.93. The molecule has 33 heavy (non-hydrogen) atoms. The molecule has 8 heteroatoms. The summed E-state index contributed by atoms with van der Waals surface area (Å²) in [6, 6.07) is 7.84. The SMILES string of the molecule is C=C(C)OCCCCCCNC(=O)NC(Cc1ccccc1)C(=O)O.CCCCNC(C)O. The maximum absolute atomic E-state index is 11.8. The van der Waals surface area contributed by atoms with Crippen LogP contribution in [0.5, 0.6) is 0 Å². The normalized spacial score (nSPS) is 12.0. The van der Waals surface area contributed by atoms with Crippen molar-refractivity contribution in [3.05, 3.63) is 48.2 Å². The second kappa shape index (κ2) is 20.1. The Morgan fingerprint density at radius 2 is 1.73 bits per heavy atom. The summed E-state index contributed by atoms with van der Waals surface area (Å²) in [7, 11) is 0. The highest BCUT2D eigenvalue weighted by atomic mass is 16.5. The molecule has 0 fully saturated rings. The third-order valence-electron chi connectivity index (χ3n) is 4.56. The molecule has 0 saturated carbocycles. The molecule has 1 aromatic rings. The molecule has 0 aliphatic heterocycles. The lowest BCUT2D eigenvalue weighted by molar-refractivity contribution is -0.139. The monoisotopic (exact) mass is 465 g/mol. The third kappa shape index (κ3) is 19.8. The highest BCUT2D eigenvalue weighted by molar-refractivity contribution is 5.82. The Labute approximate surface area is 198 Å². The van der Waals surface area contributed by atoms with Gasteiger partial charge in [-0.15, -0.1) is 0 Å². The Morgan fingerprint density at radius 1 is 1.06 bits per heavy atom. The van der Waals surface area contributed by atoms with E-state index in [0.717, 1.165) is 50.0 Å². The van der Waals surface area contributed by atoms with Gasteiger partial charge >= 0.3 is 12.0 Å². The number of ether oxygens (including phenoxy) is 1. The van der Waals surface area contributed by atoms with Crippen LogP contribution in [0.1, 0.15) is 64.9 Å². The molecule has 2 unspecified atom stereocenters. The molecule has 0 heterocycles. The number of aliphatic hydroxyl groups is 1. The topological polar surface area (TPSA) is 120 Å². The Balaban J connectivity index is 0.00000109. The molecule has 8 nitrogen and oxygen atoms in total. The molecular formula is C25H43N3O5. The number of rotatable bonds is 16. The molecule has 2 atom stereocenters. The van der Waals surface area contributed by atoms with Crippen molar-refractivity contribution in [2.75, 3.05) is 19.7 Å². The van der Waals surface area contributed by atoms with E-state index in [1.54, 1.807) is 6.92 Å². The van der Waals surface area contributed by atoms with Crippen molar-refractivity contribution in [1.82, 2.24) is 16.0 Å². The summed E-state index contributed by atoms with van der Waals surface area (Å²) in [6.45, 7) is 11.5. The summed E-state index contributed by atoms with van der Waals surface area (Å²) in [5.74, 6) is -0.321. The van der Waals surface area contributed by atoms with Gasteiger partial charge in [-0.2, -0.15) is 0 Å². The van der Waals surface area contributed by atoms with E-state index < -0.39 is 18.0 Å². The van der Waals surface area contributed by atoms with Crippen LogP contribution in [0, 0.1) is 0 Å². The first-order valence-electron chi connectivity index (χ1n) is 11.8. The summed E-state index contributed by atoms with van der Waals surface area (Å²) in [4.78, 5) is 23.1. The first-order valence-corrected chi connectivity index (χ1v) is 11.8. The number of nitrogens with one attached hydrogen (secondary N) is 3. The summed E-state index contributed by atoms with van der Waals surface area (Å²) in [5.41, 5.74) is 0.868. The number of carbonyl (C=O) groups excluding carboxylic acids is 1. The van der Waals surface area contributed by atoms with Crippen LogP contribution in [0.2, 0.25) is 0 Å². The summed E-state index contributed by atoms with van der Waals surface area (Å²) in [6.07, 6.45) is 6.03. The number of amides is 2. The highest BCUT2D eigenvalue weighted by Gasteiger charge is 2.19. The van der Waals surface area contributed by atoms with E-state index in [1.807, 2.05) is 37.3 Å². The molecule has 0 saturated heterocycles. The van der Waals surface area contributed by atoms with Crippen LogP contribution >= 0.6 is 0 Å². The number of urea groups is 1. The summed E-state index contributed by atoms with van der Waals surface area (Å²) >= 11 is 0. The van der Waals surface area contributed by atoms with E-state index in [4.69, 9.17) is 9.84 Å². The van der Waals surface area contributed by atoms with Crippen molar-refractivity contribution in [2.45, 2.75) is 78.0 Å². The number of benzene rings is 1. The first kappa shape index (κ1) is 30.4. The highest BCUT2D eigenvalue weighted by Crippen LogP contribution is 2.04. The average molecular weight is 466 g/mol. The minimum atomic E-state index is -1.04. The second-order valence-corrected chi connectivity index (χ2v) is 7.93. The number of carboxylic acid groups (broad SMARTS) is 1. The van der Waals surface area contributed by atoms with Crippen molar-refractivity contribution in [3.8, 4) is 0 Å². The maximum atomic E-state index is 11.8. The van der Waals surface area contributed by atoms with Crippen molar-refractivity contribution >= 4 is 12.0 Å². The number of carboxylic acids is 1. The summed E-state index contributed by atoms with van der Waals surface area (Å²) < 4.78 is 5.27. The van der Waals surface area contributed by atoms with Gasteiger partial charge < -0.3 is 25.6 Å². The fraction of sp³-hybridized carbons (Fsp3) is 0.600. The molecule has 0 aromatic heterocycles. The van der Waals surface area contributed by atoms with Gasteiger partial charge in [-0.3, -0.25) is 5.32 Å². The molecule has 2 amide bonds. The van der Waals surface area contributed by atoms with Crippen molar-refractivity contribution in [1.29, 1.82) is 0 Å². The zero-order chi connectivity index (χ0) is 24.9. The van der Waals surface area contributed by atoms with Crippen LogP contribution in [0.4, 0.5) is 4.79 Å². The lowest BCUT2D eigenvalue weighted by Gasteiger charge is -2.15. The van der Waals surface area contributed by atoms with Gasteiger partial charge in [0.15, 0.2) is 0 Å². The molecule has 5 N–H and O–H groups in total. The standard InChI is InChI=1S/C19H28N2O4.C6H15NO/c1-15(2)25-13-9-4-3-8-12-20-19(24)21-17(18(22)23)14-16-10-6-5-7-11-16;1-3-4-5-7-6(2)8/h5-7,10-11,17H,1,3-4,8-9,12-14H2,2H3,(H,22,23)(H2,20,21,24);6-8H,3-5H2,1-2H3. The van der Waals surface area contributed by atoms with Gasteiger partial charge in [0, 0.05) is 13.0 Å². The van der Waals surface area contributed by atoms with Gasteiger partial charge in [0.2, 0.25) is 0 Å². The van der Waals surface area contributed by atoms with Gasteiger partial charge in [0.25, 0.3) is 0 Å². The third-order valence-corrected chi connectivity index (χ3v) is 4.56. The van der Waals surface area contributed by atoms with Crippen LogP contribution in [0.15, 0.2) is 42.7 Å². The van der Waals surface area contributed by atoms with Crippen LogP contribution in [-0.2, 0) is 16.0 Å². The fourth-order valence-corrected chi connectivity index (χ4v) is 2.78. The minimum absolute atomic E-state index is 0.256. The molecule has 0 aliphatic carbocycles. The van der Waals surface area contributed by atoms with E-state index in [2.05, 4.69) is 29.5 Å². The molecule has 0 radical (unpaired) electrons. The van der Waals surface area contributed by atoms with E-state index in [0.29, 0.717) is 13.2 Å². The number of carbonyl (C=O) groups is 2. The minimum Gasteiger partial charge on any atom is -0.499 e. The quantitative estimate of drug-likeness (QED) is 0.144. The molecule has 0 bridgehead atoms. The number of aliphatic hydroxyl groups excluding tert-OH is 1. The van der Waals surface area contributed by atoms with Crippen molar-refractivity contribution in [3.63, 3.8) is 0 Å². The number of hydrogen-bond acceptors (Lipinski definition) is 5. The fourth-order valence-electron chi connectivity index (χ4n) is 2.78. The van der Waals surface area contributed by atoms with Crippen LogP contribution < -0.4 is 16.0 Å². The van der Waals surface area contributed by atoms with Crippen LogP contribution in [0.25, 0.3) is 0 Å². The van der Waals surface area contributed by atoms with Crippen molar-refractivity contribution < 1.29 is 24.5 Å². The lowest BCUT2D eigenvalue weighted by atomic mass is 10.1. The smallest absolute Gasteiger partial charge is 0.326 e. The maximum Gasteiger partial charge on any atom is 0.326 e. The summed E-state index contributed by atoms with van der Waals surface area (Å²) in [5, 5.41) is 26.0. The predicted molar refractivity (Wildman–Crippen MR) is 132 cm³/mol. The number of unbranched alkanes of at least 4 members (excludes halogenated alkanes) is 4. The van der Waals surface area contributed by atoms with Crippen molar-refractivity contribution in [2.24, 2.45) is 0 Å². The Morgan fingerprint density at radius 3 is 2.30 bits per heavy atom. The molecular weight excluding hydrogens is 422 g/mol. The zero-order valence-electron chi connectivity index (χ0n) is 20.4. The molecule has 1 rings (SSSR count). The van der Waals surface area contributed by atoms with E-state index in [1.165, 1.54) is 6.42 Å². The van der Waals surface area contributed by atoms with Crippen LogP contribution in [0.3, 0.4) is 0 Å². The first-order chi connectivity index (χ1) is 15.8. The van der Waals surface area contributed by atoms with E-state index in [-0.39, 0.29) is 12.6 Å². The number of hydrogen-bond donors (Lipinski definition) is 5. The predicted octanol–water partition coefficient (Wildman–Crippen LogP) is 3.81. The Hall–Kier alpha value is -2.58.